The number of aliphatic carboxylic acids is 2. The van der Waals surface area contributed by atoms with Crippen LogP contribution in [0.3, 0.4) is 0 Å². The number of carboxylic acid groups (broad SMARTS) is 2. The average Bonchev–Trinajstić information content (AvgIpc) is 2.47. The summed E-state index contributed by atoms with van der Waals surface area (Å²) in [6, 6.07) is 9.76. The maximum atomic E-state index is 11.8. The first-order valence-corrected chi connectivity index (χ1v) is 9.04. The van der Waals surface area contributed by atoms with E-state index in [1.807, 2.05) is 76.8 Å². The Bertz CT molecular complexity index is 565. The molecule has 5 nitrogen and oxygen atoms in total. The predicted molar refractivity (Wildman–Crippen MR) is 103 cm³/mol. The van der Waals surface area contributed by atoms with Crippen molar-refractivity contribution in [2.24, 2.45) is 22.7 Å². The van der Waals surface area contributed by atoms with E-state index in [0.717, 1.165) is 5.56 Å². The van der Waals surface area contributed by atoms with Gasteiger partial charge in [-0.05, 0) is 16.4 Å². The van der Waals surface area contributed by atoms with Crippen LogP contribution in [0.5, 0.6) is 0 Å². The van der Waals surface area contributed by atoms with Gasteiger partial charge in [-0.15, -0.1) is 0 Å². The Balaban J connectivity index is 3.12. The zero-order valence-electron chi connectivity index (χ0n) is 16.8. The van der Waals surface area contributed by atoms with Crippen molar-refractivity contribution < 1.29 is 19.8 Å². The molecule has 0 aromatic heterocycles. The van der Waals surface area contributed by atoms with Crippen LogP contribution in [-0.2, 0) is 16.1 Å². The van der Waals surface area contributed by atoms with E-state index in [4.69, 9.17) is 0 Å². The molecule has 0 spiro atoms. The number of hydrogen-bond donors (Lipinski definition) is 2. The van der Waals surface area contributed by atoms with Gasteiger partial charge in [0.2, 0.25) is 0 Å². The lowest BCUT2D eigenvalue weighted by atomic mass is 9.78. The van der Waals surface area contributed by atoms with Gasteiger partial charge in [-0.1, -0.05) is 71.9 Å². The molecule has 0 saturated heterocycles. The lowest BCUT2D eigenvalue weighted by Gasteiger charge is -2.36. The van der Waals surface area contributed by atoms with Crippen LogP contribution < -0.4 is 0 Å². The quantitative estimate of drug-likeness (QED) is 0.730. The molecule has 0 bridgehead atoms. The second kappa shape index (κ2) is 8.67. The third kappa shape index (κ3) is 6.79. The fraction of sp³-hybridized carbons (Fsp3) is 0.619. The van der Waals surface area contributed by atoms with E-state index >= 15 is 0 Å². The minimum Gasteiger partial charge on any atom is -0.481 e. The molecule has 26 heavy (non-hydrogen) atoms. The Morgan fingerprint density at radius 1 is 0.846 bits per heavy atom. The maximum Gasteiger partial charge on any atom is 0.308 e. The molecule has 146 valence electrons. The van der Waals surface area contributed by atoms with Gasteiger partial charge >= 0.3 is 11.9 Å². The molecular weight excluding hydrogens is 330 g/mol. The van der Waals surface area contributed by atoms with Crippen LogP contribution in [-0.4, -0.2) is 40.1 Å². The van der Waals surface area contributed by atoms with E-state index in [9.17, 15) is 19.8 Å². The zero-order valence-corrected chi connectivity index (χ0v) is 16.8. The summed E-state index contributed by atoms with van der Waals surface area (Å²) in [5.41, 5.74) is 0.214. The second-order valence-electron chi connectivity index (χ2n) is 9.19. The van der Waals surface area contributed by atoms with Gasteiger partial charge in [-0.25, -0.2) is 0 Å². The molecular formula is C21H33NO4. The third-order valence-electron chi connectivity index (χ3n) is 4.82. The van der Waals surface area contributed by atoms with Crippen LogP contribution in [0, 0.1) is 22.7 Å². The standard InChI is InChI=1S/C21H33NO4/c1-20(2,3)16(18(23)24)13-22(12-15-10-8-7-9-11-15)14-17(19(25)26)21(4,5)6/h7-11,16-17H,12-14H2,1-6H3,(H,23,24)(H,25,26). The molecule has 1 rings (SSSR count). The van der Waals surface area contributed by atoms with Gasteiger partial charge in [0.25, 0.3) is 0 Å². The van der Waals surface area contributed by atoms with E-state index in [0.29, 0.717) is 19.6 Å². The van der Waals surface area contributed by atoms with Crippen LogP contribution in [0.4, 0.5) is 0 Å². The smallest absolute Gasteiger partial charge is 0.308 e. The predicted octanol–water partition coefficient (Wildman–Crippen LogP) is 3.98. The molecule has 0 amide bonds. The van der Waals surface area contributed by atoms with Gasteiger partial charge in [0.15, 0.2) is 0 Å². The molecule has 0 saturated carbocycles. The molecule has 0 heterocycles. The van der Waals surface area contributed by atoms with E-state index in [1.165, 1.54) is 0 Å². The Hall–Kier alpha value is -1.88. The first kappa shape index (κ1) is 22.2. The summed E-state index contributed by atoms with van der Waals surface area (Å²) in [4.78, 5) is 25.6. The van der Waals surface area contributed by atoms with Gasteiger partial charge < -0.3 is 10.2 Å². The lowest BCUT2D eigenvalue weighted by molar-refractivity contribution is -0.148. The minimum absolute atomic E-state index is 0.313. The van der Waals surface area contributed by atoms with Crippen molar-refractivity contribution in [2.75, 3.05) is 13.1 Å². The molecule has 5 heteroatoms. The van der Waals surface area contributed by atoms with Gasteiger partial charge in [-0.3, -0.25) is 14.5 Å². The summed E-state index contributed by atoms with van der Waals surface area (Å²) in [6.45, 7) is 12.6. The highest BCUT2D eigenvalue weighted by Gasteiger charge is 2.37. The molecule has 0 aliphatic heterocycles. The molecule has 2 N–H and O–H groups in total. The van der Waals surface area contributed by atoms with Crippen LogP contribution in [0.2, 0.25) is 0 Å². The van der Waals surface area contributed by atoms with Gasteiger partial charge in [-0.2, -0.15) is 0 Å². The Kier molecular flexibility index (Phi) is 7.39. The SMILES string of the molecule is CC(C)(C)C(CN(Cc1ccccc1)CC(C(=O)O)C(C)(C)C)C(=O)O. The first-order chi connectivity index (χ1) is 11.8. The Morgan fingerprint density at radius 2 is 1.23 bits per heavy atom. The van der Waals surface area contributed by atoms with Gasteiger partial charge in [0.1, 0.15) is 0 Å². The van der Waals surface area contributed by atoms with E-state index < -0.39 is 34.6 Å². The zero-order chi connectivity index (χ0) is 20.1. The fourth-order valence-corrected chi connectivity index (χ4v) is 3.01. The summed E-state index contributed by atoms with van der Waals surface area (Å²) in [7, 11) is 0. The molecule has 0 radical (unpaired) electrons. The van der Waals surface area contributed by atoms with E-state index in [-0.39, 0.29) is 0 Å². The summed E-state index contributed by atoms with van der Waals surface area (Å²) >= 11 is 0. The monoisotopic (exact) mass is 363 g/mol. The summed E-state index contributed by atoms with van der Waals surface area (Å²) < 4.78 is 0. The molecule has 0 fully saturated rings. The average molecular weight is 363 g/mol. The van der Waals surface area contributed by atoms with Crippen molar-refractivity contribution in [2.45, 2.75) is 48.1 Å². The van der Waals surface area contributed by atoms with E-state index in [1.54, 1.807) is 0 Å². The number of benzene rings is 1. The maximum absolute atomic E-state index is 11.8. The molecule has 2 unspecified atom stereocenters. The van der Waals surface area contributed by atoms with Crippen molar-refractivity contribution in [3.8, 4) is 0 Å². The van der Waals surface area contributed by atoms with Crippen LogP contribution >= 0.6 is 0 Å². The molecule has 0 aliphatic rings. The molecule has 2 atom stereocenters. The number of nitrogens with zero attached hydrogens (tertiary/aromatic N) is 1. The molecule has 0 aliphatic carbocycles. The highest BCUT2D eigenvalue weighted by atomic mass is 16.4. The van der Waals surface area contributed by atoms with Gasteiger partial charge in [0.05, 0.1) is 11.8 Å². The van der Waals surface area contributed by atoms with E-state index in [2.05, 4.69) is 0 Å². The number of carboxylic acids is 2. The Labute approximate surface area is 157 Å². The number of rotatable bonds is 8. The minimum atomic E-state index is -0.849. The molecule has 1 aromatic carbocycles. The van der Waals surface area contributed by atoms with Crippen molar-refractivity contribution >= 4 is 11.9 Å². The normalized spacial score (nSPS) is 14.9. The second-order valence-corrected chi connectivity index (χ2v) is 9.19. The Morgan fingerprint density at radius 3 is 1.54 bits per heavy atom. The fourth-order valence-electron chi connectivity index (χ4n) is 3.01. The van der Waals surface area contributed by atoms with Crippen molar-refractivity contribution in [3.63, 3.8) is 0 Å². The number of hydrogen-bond acceptors (Lipinski definition) is 3. The van der Waals surface area contributed by atoms with Crippen molar-refractivity contribution in [1.82, 2.24) is 4.90 Å². The van der Waals surface area contributed by atoms with Crippen molar-refractivity contribution in [3.05, 3.63) is 35.9 Å². The first-order valence-electron chi connectivity index (χ1n) is 9.04. The third-order valence-corrected chi connectivity index (χ3v) is 4.82. The highest BCUT2D eigenvalue weighted by molar-refractivity contribution is 5.72. The summed E-state index contributed by atoms with van der Waals surface area (Å²) in [5.74, 6) is -2.86. The number of carbonyl (C=O) groups is 2. The topological polar surface area (TPSA) is 77.8 Å². The molecule has 1 aromatic rings. The van der Waals surface area contributed by atoms with Crippen LogP contribution in [0.25, 0.3) is 0 Å². The van der Waals surface area contributed by atoms with Crippen LogP contribution in [0.15, 0.2) is 30.3 Å². The van der Waals surface area contributed by atoms with Gasteiger partial charge in [0, 0.05) is 19.6 Å². The summed E-state index contributed by atoms with van der Waals surface area (Å²) in [5, 5.41) is 19.4. The van der Waals surface area contributed by atoms with Crippen molar-refractivity contribution in [1.29, 1.82) is 0 Å². The largest absolute Gasteiger partial charge is 0.481 e. The summed E-state index contributed by atoms with van der Waals surface area (Å²) in [6.07, 6.45) is 0. The highest BCUT2D eigenvalue weighted by Crippen LogP contribution is 2.31. The van der Waals surface area contributed by atoms with Crippen LogP contribution in [0.1, 0.15) is 47.1 Å². The lowest BCUT2D eigenvalue weighted by Crippen LogP contribution is -2.45.